The molecule has 1 saturated carbocycles. The van der Waals surface area contributed by atoms with E-state index in [4.69, 9.17) is 16.3 Å². The predicted octanol–water partition coefficient (Wildman–Crippen LogP) is 5.67. The molecule has 2 atom stereocenters. The Morgan fingerprint density at radius 2 is 1.97 bits per heavy atom. The minimum Gasteiger partial charge on any atom is -0.467 e. The maximum Gasteiger partial charge on any atom is 0.331 e. The van der Waals surface area contributed by atoms with Gasteiger partial charge in [0.25, 0.3) is 0 Å². The molecule has 2 N–H and O–H groups in total. The fourth-order valence-corrected chi connectivity index (χ4v) is 6.34. The van der Waals surface area contributed by atoms with Crippen LogP contribution in [0.1, 0.15) is 55.7 Å². The first kappa shape index (κ1) is 23.1. The van der Waals surface area contributed by atoms with Gasteiger partial charge >= 0.3 is 5.97 Å². The molecular weight excluding hydrogens is 422 g/mol. The van der Waals surface area contributed by atoms with Gasteiger partial charge in [0.05, 0.1) is 7.11 Å². The van der Waals surface area contributed by atoms with Gasteiger partial charge in [0.15, 0.2) is 0 Å². The highest BCUT2D eigenvalue weighted by Gasteiger charge is 2.54. The molecule has 0 aliphatic heterocycles. The Bertz CT molecular complexity index is 981. The Balaban J connectivity index is 1.66. The lowest BCUT2D eigenvalue weighted by Gasteiger charge is -2.47. The van der Waals surface area contributed by atoms with E-state index in [0.717, 1.165) is 31.4 Å². The Morgan fingerprint density at radius 3 is 2.62 bits per heavy atom. The van der Waals surface area contributed by atoms with Crippen LogP contribution in [0.4, 0.5) is 5.69 Å². The van der Waals surface area contributed by atoms with Crippen LogP contribution in [0.25, 0.3) is 0 Å². The minimum absolute atomic E-state index is 0.0417. The Hall–Kier alpha value is -2.04. The minimum atomic E-state index is -0.759. The van der Waals surface area contributed by atoms with E-state index in [2.05, 4.69) is 37.4 Å². The molecule has 2 aromatic rings. The van der Waals surface area contributed by atoms with Gasteiger partial charge < -0.3 is 15.2 Å². The molecule has 2 aliphatic carbocycles. The topological polar surface area (TPSA) is 58.6 Å². The number of halogens is 1. The van der Waals surface area contributed by atoms with Gasteiger partial charge in [0.1, 0.15) is 5.54 Å². The summed E-state index contributed by atoms with van der Waals surface area (Å²) in [7, 11) is 1.47. The van der Waals surface area contributed by atoms with Crippen molar-refractivity contribution in [2.24, 2.45) is 11.8 Å². The number of carbonyl (C=O) groups is 1. The molecule has 0 aromatic heterocycles. The number of aliphatic hydroxyl groups is 1. The molecule has 0 saturated heterocycles. The number of nitrogens with one attached hydrogen (secondary N) is 1. The van der Waals surface area contributed by atoms with E-state index in [9.17, 15) is 9.90 Å². The third-order valence-electron chi connectivity index (χ3n) is 7.82. The normalized spacial score (nSPS) is 27.7. The summed E-state index contributed by atoms with van der Waals surface area (Å²) in [5, 5.41) is 13.9. The molecule has 172 valence electrons. The zero-order valence-corrected chi connectivity index (χ0v) is 20.0. The zero-order valence-electron chi connectivity index (χ0n) is 19.3. The number of hydrogen-bond acceptors (Lipinski definition) is 4. The number of carbonyl (C=O) groups excluding carboxylic acids is 1. The van der Waals surface area contributed by atoms with Crippen molar-refractivity contribution in [2.75, 3.05) is 19.0 Å². The number of hydrogen-bond donors (Lipinski definition) is 2. The van der Waals surface area contributed by atoms with Crippen LogP contribution in [0, 0.1) is 18.8 Å². The second-order valence-electron chi connectivity index (χ2n) is 9.95. The number of methoxy groups -OCH3 is 1. The molecule has 0 bridgehead atoms. The molecule has 0 radical (unpaired) electrons. The van der Waals surface area contributed by atoms with Crippen LogP contribution in [0.3, 0.4) is 0 Å². The van der Waals surface area contributed by atoms with E-state index in [0.29, 0.717) is 23.8 Å². The smallest absolute Gasteiger partial charge is 0.331 e. The molecule has 4 rings (SSSR count). The average Bonchev–Trinajstić information content (AvgIpc) is 3.06. The molecule has 0 heterocycles. The van der Waals surface area contributed by atoms with Crippen molar-refractivity contribution in [1.82, 2.24) is 0 Å². The summed E-state index contributed by atoms with van der Waals surface area (Å²) in [6.07, 6.45) is 5.27. The molecule has 32 heavy (non-hydrogen) atoms. The van der Waals surface area contributed by atoms with Crippen molar-refractivity contribution >= 4 is 23.3 Å². The monoisotopic (exact) mass is 455 g/mol. The quantitative estimate of drug-likeness (QED) is 0.550. The molecule has 1 unspecified atom stereocenters. The van der Waals surface area contributed by atoms with E-state index in [1.807, 2.05) is 24.3 Å². The van der Waals surface area contributed by atoms with Crippen LogP contribution in [-0.4, -0.2) is 30.3 Å². The number of aliphatic hydroxyl groups excluding tert-OH is 1. The van der Waals surface area contributed by atoms with Crippen molar-refractivity contribution in [1.29, 1.82) is 0 Å². The van der Waals surface area contributed by atoms with Crippen LogP contribution >= 0.6 is 11.6 Å². The fourth-order valence-electron chi connectivity index (χ4n) is 6.15. The van der Waals surface area contributed by atoms with Gasteiger partial charge in [0.2, 0.25) is 0 Å². The largest absolute Gasteiger partial charge is 0.467 e. The van der Waals surface area contributed by atoms with Crippen molar-refractivity contribution in [3.05, 3.63) is 64.2 Å². The maximum absolute atomic E-state index is 13.0. The van der Waals surface area contributed by atoms with Gasteiger partial charge in [-0.05, 0) is 92.0 Å². The van der Waals surface area contributed by atoms with E-state index in [1.54, 1.807) is 0 Å². The molecule has 0 amide bonds. The Morgan fingerprint density at radius 1 is 1.22 bits per heavy atom. The second kappa shape index (κ2) is 9.07. The molecule has 5 heteroatoms. The van der Waals surface area contributed by atoms with Crippen LogP contribution in [0.15, 0.2) is 42.5 Å². The van der Waals surface area contributed by atoms with Crippen molar-refractivity contribution in [3.8, 4) is 0 Å². The molecular formula is C27H34ClNO3. The summed E-state index contributed by atoms with van der Waals surface area (Å²) in [5.74, 6) is 0.530. The molecule has 2 aliphatic rings. The number of anilines is 1. The van der Waals surface area contributed by atoms with Crippen LogP contribution < -0.4 is 5.32 Å². The molecule has 4 nitrogen and oxygen atoms in total. The SMILES string of the molecule is COC(=O)C1(Nc2cccc(Cl)c2)CCC2(CC1)c1ccc(C)cc1CC2C[C@@H](C)CO. The number of fused-ring (bicyclic) bond motifs is 2. The van der Waals surface area contributed by atoms with Gasteiger partial charge in [-0.1, -0.05) is 48.4 Å². The van der Waals surface area contributed by atoms with Gasteiger partial charge in [-0.2, -0.15) is 0 Å². The second-order valence-corrected chi connectivity index (χ2v) is 10.4. The highest BCUT2D eigenvalue weighted by Crippen LogP contribution is 2.56. The maximum atomic E-state index is 13.0. The first-order valence-electron chi connectivity index (χ1n) is 11.6. The predicted molar refractivity (Wildman–Crippen MR) is 129 cm³/mol. The average molecular weight is 456 g/mol. The third kappa shape index (κ3) is 4.15. The number of aryl methyl sites for hydroxylation is 1. The number of benzene rings is 2. The lowest BCUT2D eigenvalue weighted by atomic mass is 9.59. The van der Waals surface area contributed by atoms with Gasteiger partial charge in [-0.3, -0.25) is 0 Å². The Labute approximate surface area is 196 Å². The van der Waals surface area contributed by atoms with Crippen LogP contribution in [0.2, 0.25) is 5.02 Å². The highest BCUT2D eigenvalue weighted by molar-refractivity contribution is 6.30. The number of rotatable bonds is 6. The van der Waals surface area contributed by atoms with E-state index in [1.165, 1.54) is 23.8 Å². The van der Waals surface area contributed by atoms with Crippen LogP contribution in [-0.2, 0) is 21.4 Å². The summed E-state index contributed by atoms with van der Waals surface area (Å²) in [6.45, 7) is 4.49. The number of ether oxygens (including phenoxy) is 1. The van der Waals surface area contributed by atoms with Gasteiger partial charge in [-0.25, -0.2) is 4.79 Å². The Kier molecular flexibility index (Phi) is 6.56. The van der Waals surface area contributed by atoms with Gasteiger partial charge in [-0.15, -0.1) is 0 Å². The number of esters is 1. The van der Waals surface area contributed by atoms with Crippen molar-refractivity contribution < 1.29 is 14.6 Å². The first-order chi connectivity index (χ1) is 15.3. The van der Waals surface area contributed by atoms with Crippen molar-refractivity contribution in [3.63, 3.8) is 0 Å². The fraction of sp³-hybridized carbons (Fsp3) is 0.519. The summed E-state index contributed by atoms with van der Waals surface area (Å²) < 4.78 is 5.27. The van der Waals surface area contributed by atoms with E-state index in [-0.39, 0.29) is 23.9 Å². The van der Waals surface area contributed by atoms with E-state index < -0.39 is 5.54 Å². The highest BCUT2D eigenvalue weighted by atomic mass is 35.5. The summed E-state index contributed by atoms with van der Waals surface area (Å²) in [4.78, 5) is 13.0. The summed E-state index contributed by atoms with van der Waals surface area (Å²) >= 11 is 6.19. The summed E-state index contributed by atoms with van der Waals surface area (Å²) in [6, 6.07) is 14.4. The van der Waals surface area contributed by atoms with Crippen LogP contribution in [0.5, 0.6) is 0 Å². The first-order valence-corrected chi connectivity index (χ1v) is 12.0. The lowest BCUT2D eigenvalue weighted by Crippen LogP contribution is -2.53. The molecule has 1 spiro atoms. The lowest BCUT2D eigenvalue weighted by molar-refractivity contribution is -0.148. The molecule has 1 fully saturated rings. The summed E-state index contributed by atoms with van der Waals surface area (Å²) in [5.41, 5.74) is 4.29. The third-order valence-corrected chi connectivity index (χ3v) is 8.06. The van der Waals surface area contributed by atoms with Crippen molar-refractivity contribution in [2.45, 2.75) is 63.3 Å². The van der Waals surface area contributed by atoms with Gasteiger partial charge in [0, 0.05) is 17.3 Å². The van der Waals surface area contributed by atoms with E-state index >= 15 is 0 Å². The zero-order chi connectivity index (χ0) is 22.9. The standard InChI is InChI=1S/C27H34ClNO3/c1-18-7-8-24-20(13-18)15-21(14-19(2)17-30)26(24)9-11-27(12-10-26,25(31)32-3)29-23-6-4-5-22(28)16-23/h4-8,13,16,19,21,29-30H,9-12,14-15,17H2,1-3H3/t19-,21?,26?,27?/m1/s1. The molecule has 2 aromatic carbocycles.